The molecule has 0 spiro atoms. The number of nitrogens with two attached hydrogens (primary N) is 1. The normalized spacial score (nSPS) is 17.9. The van der Waals surface area contributed by atoms with Gasteiger partial charge in [0.1, 0.15) is 17.8 Å². The van der Waals surface area contributed by atoms with E-state index in [2.05, 4.69) is 33.4 Å². The third-order valence-corrected chi connectivity index (χ3v) is 7.68. The number of nitrogens with one attached hydrogen (secondary N) is 1. The minimum Gasteiger partial charge on any atom is -0.383 e. The van der Waals surface area contributed by atoms with E-state index >= 15 is 0 Å². The van der Waals surface area contributed by atoms with Gasteiger partial charge in [-0.3, -0.25) is 9.59 Å². The van der Waals surface area contributed by atoms with E-state index in [1.54, 1.807) is 6.92 Å². The average molecular weight is 499 g/mol. The molecular weight excluding hydrogens is 464 g/mol. The zero-order valence-corrected chi connectivity index (χ0v) is 21.8. The number of nitrogens with zero attached hydrogens (tertiary/aromatic N) is 4. The molecule has 0 radical (unpaired) electrons. The molecule has 1 aliphatic heterocycles. The molecule has 2 aliphatic rings. The Balaban J connectivity index is 1.57. The van der Waals surface area contributed by atoms with Gasteiger partial charge in [0, 0.05) is 42.9 Å². The molecule has 37 heavy (non-hydrogen) atoms. The molecular formula is C29H34N6O2. The van der Waals surface area contributed by atoms with Crippen LogP contribution in [-0.2, 0) is 16.6 Å². The van der Waals surface area contributed by atoms with Crippen LogP contribution in [0, 0.1) is 5.92 Å². The Morgan fingerprint density at radius 2 is 1.84 bits per heavy atom. The molecule has 3 N–H and O–H groups in total. The smallest absolute Gasteiger partial charge is 0.250 e. The summed E-state index contributed by atoms with van der Waals surface area (Å²) in [4.78, 5) is 36.1. The highest BCUT2D eigenvalue weighted by molar-refractivity contribution is 6.05. The molecule has 5 rings (SSSR count). The second-order valence-electron chi connectivity index (χ2n) is 10.3. The number of allylic oxidation sites excluding steroid dienone is 2. The van der Waals surface area contributed by atoms with E-state index < -0.39 is 0 Å². The quantitative estimate of drug-likeness (QED) is 0.485. The molecule has 1 aliphatic carbocycles. The van der Waals surface area contributed by atoms with Crippen molar-refractivity contribution in [2.45, 2.75) is 46.0 Å². The van der Waals surface area contributed by atoms with E-state index in [1.807, 2.05) is 36.2 Å². The summed E-state index contributed by atoms with van der Waals surface area (Å²) in [5, 5.41) is 3.71. The molecule has 1 fully saturated rings. The predicted octanol–water partition coefficient (Wildman–Crippen LogP) is 4.93. The second-order valence-corrected chi connectivity index (χ2v) is 10.3. The molecule has 0 saturated carbocycles. The van der Waals surface area contributed by atoms with E-state index in [4.69, 9.17) is 5.73 Å². The number of carbonyl (C=O) groups excluding carboxylic acids is 2. The fourth-order valence-electron chi connectivity index (χ4n) is 5.73. The molecule has 192 valence electrons. The average Bonchev–Trinajstić information content (AvgIpc) is 3.52. The van der Waals surface area contributed by atoms with E-state index in [0.717, 1.165) is 73.0 Å². The first kappa shape index (κ1) is 24.7. The lowest BCUT2D eigenvalue weighted by Crippen LogP contribution is -2.35. The zero-order valence-electron chi connectivity index (χ0n) is 21.8. The fourth-order valence-corrected chi connectivity index (χ4v) is 5.73. The molecule has 2 aromatic heterocycles. The Kier molecular flexibility index (Phi) is 6.58. The van der Waals surface area contributed by atoms with Crippen LogP contribution in [0.4, 0.5) is 11.5 Å². The minimum atomic E-state index is -0.206. The van der Waals surface area contributed by atoms with Crippen molar-refractivity contribution in [3.8, 4) is 11.3 Å². The number of fused-ring (bicyclic) bond motifs is 1. The second kappa shape index (κ2) is 9.84. The molecule has 0 bridgehead atoms. The molecule has 3 aromatic rings. The van der Waals surface area contributed by atoms with Gasteiger partial charge in [0.15, 0.2) is 0 Å². The van der Waals surface area contributed by atoms with Crippen LogP contribution in [-0.4, -0.2) is 44.3 Å². The lowest BCUT2D eigenvalue weighted by Gasteiger charge is -2.29. The number of aryl methyl sites for hydroxylation is 1. The highest BCUT2D eigenvalue weighted by Crippen LogP contribution is 2.45. The van der Waals surface area contributed by atoms with Crippen molar-refractivity contribution in [2.75, 3.05) is 24.1 Å². The summed E-state index contributed by atoms with van der Waals surface area (Å²) in [6.07, 6.45) is 6.06. The SMILES string of the molecule is C=C(C)C(=O)Nc1ccc(-c2c(C3=C(C)C[C@@H](C(=O)N4CCCC4)CC3)c3c(N)ncnc3n2C)cc1. The first-order chi connectivity index (χ1) is 17.8. The van der Waals surface area contributed by atoms with Crippen molar-refractivity contribution >= 4 is 39.9 Å². The number of carbonyl (C=O) groups is 2. The van der Waals surface area contributed by atoms with Crippen LogP contribution in [0.25, 0.3) is 27.9 Å². The summed E-state index contributed by atoms with van der Waals surface area (Å²) in [5.74, 6) is 0.569. The topological polar surface area (TPSA) is 106 Å². The molecule has 2 amide bonds. The molecule has 1 atom stereocenters. The van der Waals surface area contributed by atoms with Gasteiger partial charge >= 0.3 is 0 Å². The lowest BCUT2D eigenvalue weighted by molar-refractivity contribution is -0.134. The number of nitrogen functional groups attached to an aromatic ring is 1. The number of benzene rings is 1. The number of hydrogen-bond acceptors (Lipinski definition) is 5. The van der Waals surface area contributed by atoms with Gasteiger partial charge in [0.05, 0.1) is 11.1 Å². The van der Waals surface area contributed by atoms with Crippen LogP contribution in [0.5, 0.6) is 0 Å². The van der Waals surface area contributed by atoms with Crippen LogP contribution < -0.4 is 11.1 Å². The van der Waals surface area contributed by atoms with Crippen molar-refractivity contribution in [3.63, 3.8) is 0 Å². The lowest BCUT2D eigenvalue weighted by atomic mass is 9.80. The Morgan fingerprint density at radius 1 is 1.14 bits per heavy atom. The summed E-state index contributed by atoms with van der Waals surface area (Å²) < 4.78 is 2.06. The molecule has 1 aromatic carbocycles. The molecule has 1 saturated heterocycles. The third kappa shape index (κ3) is 4.52. The van der Waals surface area contributed by atoms with Crippen molar-refractivity contribution in [3.05, 3.63) is 53.9 Å². The van der Waals surface area contributed by atoms with Crippen LogP contribution in [0.15, 0.2) is 48.3 Å². The standard InChI is InChI=1S/C29H34N6O2/c1-17(2)28(36)33-21-10-7-19(8-11-21)25-23(24-26(30)31-16-32-27(24)34(25)4)22-12-9-20(15-18(22)3)29(37)35-13-5-6-14-35/h7-8,10-11,16,20H,1,5-6,9,12-15H2,2-4H3,(H,33,36)(H2,30,31,32)/t20-/m0/s1. The van der Waals surface area contributed by atoms with Crippen molar-refractivity contribution in [1.82, 2.24) is 19.4 Å². The van der Waals surface area contributed by atoms with Crippen LogP contribution in [0.3, 0.4) is 0 Å². The van der Waals surface area contributed by atoms with Crippen molar-refractivity contribution < 1.29 is 9.59 Å². The van der Waals surface area contributed by atoms with Crippen LogP contribution in [0.2, 0.25) is 0 Å². The van der Waals surface area contributed by atoms with Gasteiger partial charge < -0.3 is 20.5 Å². The summed E-state index contributed by atoms with van der Waals surface area (Å²) in [7, 11) is 1.99. The Morgan fingerprint density at radius 3 is 2.49 bits per heavy atom. The molecule has 0 unspecified atom stereocenters. The predicted molar refractivity (Wildman–Crippen MR) is 148 cm³/mol. The van der Waals surface area contributed by atoms with Gasteiger partial charge in [-0.2, -0.15) is 0 Å². The van der Waals surface area contributed by atoms with Gasteiger partial charge in [0.2, 0.25) is 5.91 Å². The van der Waals surface area contributed by atoms with E-state index in [0.29, 0.717) is 23.0 Å². The number of hydrogen-bond donors (Lipinski definition) is 2. The van der Waals surface area contributed by atoms with Gasteiger partial charge in [-0.25, -0.2) is 9.97 Å². The van der Waals surface area contributed by atoms with E-state index in [-0.39, 0.29) is 11.8 Å². The summed E-state index contributed by atoms with van der Waals surface area (Å²) in [6, 6.07) is 7.76. The van der Waals surface area contributed by atoms with Crippen molar-refractivity contribution in [1.29, 1.82) is 0 Å². The van der Waals surface area contributed by atoms with Crippen molar-refractivity contribution in [2.24, 2.45) is 13.0 Å². The van der Waals surface area contributed by atoms with E-state index in [9.17, 15) is 9.59 Å². The third-order valence-electron chi connectivity index (χ3n) is 7.68. The highest BCUT2D eigenvalue weighted by Gasteiger charge is 2.32. The highest BCUT2D eigenvalue weighted by atomic mass is 16.2. The zero-order chi connectivity index (χ0) is 26.3. The minimum absolute atomic E-state index is 0.0325. The number of anilines is 2. The maximum Gasteiger partial charge on any atom is 0.250 e. The fraction of sp³-hybridized carbons (Fsp3) is 0.379. The van der Waals surface area contributed by atoms with Gasteiger partial charge in [-0.15, -0.1) is 0 Å². The number of rotatable bonds is 5. The summed E-state index contributed by atoms with van der Waals surface area (Å²) in [6.45, 7) is 9.29. The number of amides is 2. The van der Waals surface area contributed by atoms with E-state index in [1.165, 1.54) is 17.5 Å². The Hall–Kier alpha value is -3.94. The molecule has 8 nitrogen and oxygen atoms in total. The first-order valence-electron chi connectivity index (χ1n) is 12.9. The first-order valence-corrected chi connectivity index (χ1v) is 12.9. The summed E-state index contributed by atoms with van der Waals surface area (Å²) in [5.41, 5.74) is 13.8. The van der Waals surface area contributed by atoms with Gasteiger partial charge in [-0.05, 0) is 69.2 Å². The van der Waals surface area contributed by atoms with Gasteiger partial charge in [-0.1, -0.05) is 24.3 Å². The van der Waals surface area contributed by atoms with Crippen LogP contribution >= 0.6 is 0 Å². The number of likely N-dealkylation sites (tertiary alicyclic amines) is 1. The largest absolute Gasteiger partial charge is 0.383 e. The molecule has 3 heterocycles. The number of aromatic nitrogens is 3. The maximum atomic E-state index is 13.1. The van der Waals surface area contributed by atoms with Crippen LogP contribution in [0.1, 0.15) is 51.5 Å². The maximum absolute atomic E-state index is 13.1. The Labute approximate surface area is 217 Å². The monoisotopic (exact) mass is 498 g/mol. The van der Waals surface area contributed by atoms with Gasteiger partial charge in [0.25, 0.3) is 5.91 Å². The summed E-state index contributed by atoms with van der Waals surface area (Å²) >= 11 is 0. The molecule has 8 heteroatoms. The Bertz CT molecular complexity index is 1430.